The topological polar surface area (TPSA) is 64.9 Å². The van der Waals surface area contributed by atoms with Crippen LogP contribution in [0.15, 0.2) is 47.6 Å². The number of aryl methyl sites for hydroxylation is 3. The number of fused-ring (bicyclic) bond motifs is 1. The van der Waals surface area contributed by atoms with Crippen molar-refractivity contribution in [2.75, 3.05) is 0 Å². The highest BCUT2D eigenvalue weighted by atomic mass is 32.2. The zero-order chi connectivity index (χ0) is 16.9. The van der Waals surface area contributed by atoms with Crippen molar-refractivity contribution in [1.29, 1.82) is 10.5 Å². The first-order valence-corrected chi connectivity index (χ1v) is 8.51. The fraction of sp³-hybridized carbons (Fsp3) is 0.211. The zero-order valence-electron chi connectivity index (χ0n) is 13.4. The Morgan fingerprint density at radius 2 is 1.96 bits per heavy atom. The van der Waals surface area contributed by atoms with Gasteiger partial charge in [-0.2, -0.15) is 10.5 Å². The van der Waals surface area contributed by atoms with Crippen LogP contribution in [-0.2, 0) is 19.3 Å². The van der Waals surface area contributed by atoms with Crippen LogP contribution in [0, 0.1) is 28.9 Å². The summed E-state index contributed by atoms with van der Waals surface area (Å²) < 4.78 is 1.99. The Morgan fingerprint density at radius 1 is 1.17 bits per heavy atom. The van der Waals surface area contributed by atoms with Gasteiger partial charge in [-0.1, -0.05) is 29.8 Å². The molecule has 0 spiro atoms. The van der Waals surface area contributed by atoms with Gasteiger partial charge >= 0.3 is 0 Å². The van der Waals surface area contributed by atoms with Gasteiger partial charge in [0.1, 0.15) is 5.40 Å². The van der Waals surface area contributed by atoms with Gasteiger partial charge in [-0.25, -0.2) is 0 Å². The lowest BCUT2D eigenvalue weighted by atomic mass is 10.1. The SMILES string of the molecule is Cc1ccc(CCc2nccn3c(CC#N)cc(SC#N)c23)cc1. The number of hydrogen-bond acceptors (Lipinski definition) is 4. The van der Waals surface area contributed by atoms with Gasteiger partial charge in [0.15, 0.2) is 0 Å². The van der Waals surface area contributed by atoms with E-state index in [9.17, 15) is 0 Å². The van der Waals surface area contributed by atoms with Gasteiger partial charge in [-0.15, -0.1) is 0 Å². The molecule has 2 heterocycles. The molecule has 0 aliphatic rings. The lowest BCUT2D eigenvalue weighted by Crippen LogP contribution is -2.00. The summed E-state index contributed by atoms with van der Waals surface area (Å²) in [6.45, 7) is 2.08. The van der Waals surface area contributed by atoms with E-state index in [0.29, 0.717) is 6.42 Å². The minimum Gasteiger partial charge on any atom is -0.316 e. The predicted octanol–water partition coefficient (Wildman–Crippen LogP) is 4.07. The third-order valence-corrected chi connectivity index (χ3v) is 4.61. The average Bonchev–Trinajstić information content (AvgIpc) is 2.94. The molecule has 0 N–H and O–H groups in total. The summed E-state index contributed by atoms with van der Waals surface area (Å²) in [7, 11) is 0. The molecule has 3 aromatic rings. The summed E-state index contributed by atoms with van der Waals surface area (Å²) in [5, 5.41) is 20.2. The molecule has 0 bridgehead atoms. The Kier molecular flexibility index (Phi) is 4.84. The van der Waals surface area contributed by atoms with Gasteiger partial charge in [0.2, 0.25) is 0 Å². The summed E-state index contributed by atoms with van der Waals surface area (Å²) in [6, 6.07) is 12.6. The maximum atomic E-state index is 9.06. The standard InChI is InChI=1S/C19H16N4S/c1-14-2-4-15(5-3-14)6-7-17-19-18(24-13-21)12-16(8-9-20)23(19)11-10-22-17/h2-5,10-12H,6-8H2,1H3. The fourth-order valence-corrected chi connectivity index (χ4v) is 3.40. The molecule has 0 radical (unpaired) electrons. The molecule has 5 heteroatoms. The van der Waals surface area contributed by atoms with Crippen LogP contribution in [0.2, 0.25) is 0 Å². The van der Waals surface area contributed by atoms with Crippen LogP contribution in [0.3, 0.4) is 0 Å². The molecule has 3 rings (SSSR count). The molecule has 0 saturated heterocycles. The van der Waals surface area contributed by atoms with E-state index in [-0.39, 0.29) is 0 Å². The first-order chi connectivity index (χ1) is 11.7. The van der Waals surface area contributed by atoms with E-state index < -0.39 is 0 Å². The summed E-state index contributed by atoms with van der Waals surface area (Å²) in [4.78, 5) is 5.40. The highest BCUT2D eigenvalue weighted by Crippen LogP contribution is 2.29. The number of aromatic nitrogens is 2. The molecular formula is C19H16N4S. The van der Waals surface area contributed by atoms with Crippen LogP contribution >= 0.6 is 11.8 Å². The van der Waals surface area contributed by atoms with Crippen LogP contribution in [-0.4, -0.2) is 9.38 Å². The van der Waals surface area contributed by atoms with E-state index in [1.165, 1.54) is 11.1 Å². The number of thioether (sulfide) groups is 1. The third kappa shape index (κ3) is 3.27. The highest BCUT2D eigenvalue weighted by molar-refractivity contribution is 8.04. The molecule has 118 valence electrons. The van der Waals surface area contributed by atoms with E-state index in [1.807, 2.05) is 16.7 Å². The summed E-state index contributed by atoms with van der Waals surface area (Å²) in [5.74, 6) is 0. The number of hydrogen-bond donors (Lipinski definition) is 0. The smallest absolute Gasteiger partial charge is 0.138 e. The van der Waals surface area contributed by atoms with Crippen LogP contribution < -0.4 is 0 Å². The molecule has 0 aliphatic heterocycles. The number of nitrogens with zero attached hydrogens (tertiary/aromatic N) is 4. The Bertz CT molecular complexity index is 942. The summed E-state index contributed by atoms with van der Waals surface area (Å²) >= 11 is 1.12. The Labute approximate surface area is 145 Å². The van der Waals surface area contributed by atoms with Gasteiger partial charge < -0.3 is 4.40 Å². The lowest BCUT2D eigenvalue weighted by Gasteiger charge is -2.07. The molecule has 24 heavy (non-hydrogen) atoms. The molecule has 0 unspecified atom stereocenters. The third-order valence-electron chi connectivity index (χ3n) is 3.99. The Morgan fingerprint density at radius 3 is 2.67 bits per heavy atom. The molecule has 1 aromatic carbocycles. The largest absolute Gasteiger partial charge is 0.316 e. The number of nitriles is 2. The second-order valence-corrected chi connectivity index (χ2v) is 6.43. The number of benzene rings is 1. The van der Waals surface area contributed by atoms with Gasteiger partial charge in [0.25, 0.3) is 0 Å². The minimum atomic E-state index is 0.314. The molecule has 0 amide bonds. The van der Waals surface area contributed by atoms with E-state index in [4.69, 9.17) is 10.5 Å². The quantitative estimate of drug-likeness (QED) is 0.522. The van der Waals surface area contributed by atoms with Crippen LogP contribution in [0.5, 0.6) is 0 Å². The monoisotopic (exact) mass is 332 g/mol. The van der Waals surface area contributed by atoms with E-state index in [1.54, 1.807) is 6.20 Å². The van der Waals surface area contributed by atoms with Crippen molar-refractivity contribution in [2.24, 2.45) is 0 Å². The Balaban J connectivity index is 1.96. The highest BCUT2D eigenvalue weighted by Gasteiger charge is 2.14. The predicted molar refractivity (Wildman–Crippen MR) is 94.6 cm³/mol. The summed E-state index contributed by atoms with van der Waals surface area (Å²) in [6.07, 6.45) is 5.62. The Hall–Kier alpha value is -2.76. The molecule has 0 atom stereocenters. The van der Waals surface area contributed by atoms with Gasteiger partial charge in [-0.05, 0) is 43.2 Å². The first kappa shape index (κ1) is 16.1. The normalized spacial score (nSPS) is 10.5. The second-order valence-electron chi connectivity index (χ2n) is 5.61. The van der Waals surface area contributed by atoms with Crippen molar-refractivity contribution in [3.05, 3.63) is 65.2 Å². The van der Waals surface area contributed by atoms with Crippen molar-refractivity contribution in [1.82, 2.24) is 9.38 Å². The van der Waals surface area contributed by atoms with Gasteiger partial charge in [0.05, 0.1) is 28.6 Å². The lowest BCUT2D eigenvalue weighted by molar-refractivity contribution is 0.897. The maximum Gasteiger partial charge on any atom is 0.138 e. The van der Waals surface area contributed by atoms with E-state index in [2.05, 4.69) is 47.6 Å². The zero-order valence-corrected chi connectivity index (χ0v) is 14.2. The van der Waals surface area contributed by atoms with Crippen LogP contribution in [0.4, 0.5) is 0 Å². The summed E-state index contributed by atoms with van der Waals surface area (Å²) in [5.41, 5.74) is 5.31. The van der Waals surface area contributed by atoms with Gasteiger partial charge in [0, 0.05) is 18.1 Å². The molecule has 0 fully saturated rings. The van der Waals surface area contributed by atoms with Crippen LogP contribution in [0.1, 0.15) is 22.5 Å². The fourth-order valence-electron chi connectivity index (χ4n) is 2.80. The van der Waals surface area contributed by atoms with E-state index in [0.717, 1.165) is 46.4 Å². The van der Waals surface area contributed by atoms with Crippen LogP contribution in [0.25, 0.3) is 5.52 Å². The van der Waals surface area contributed by atoms with E-state index >= 15 is 0 Å². The van der Waals surface area contributed by atoms with Crippen molar-refractivity contribution < 1.29 is 0 Å². The second kappa shape index (κ2) is 7.21. The van der Waals surface area contributed by atoms with Crippen molar-refractivity contribution in [3.8, 4) is 11.5 Å². The van der Waals surface area contributed by atoms with Crippen molar-refractivity contribution >= 4 is 17.3 Å². The molecule has 0 saturated carbocycles. The maximum absolute atomic E-state index is 9.06. The van der Waals surface area contributed by atoms with Gasteiger partial charge in [-0.3, -0.25) is 4.98 Å². The molecule has 0 aliphatic carbocycles. The minimum absolute atomic E-state index is 0.314. The number of rotatable bonds is 5. The molecule has 2 aromatic heterocycles. The molecule has 4 nitrogen and oxygen atoms in total. The van der Waals surface area contributed by atoms with Crippen molar-refractivity contribution in [3.63, 3.8) is 0 Å². The average molecular weight is 332 g/mol. The molecular weight excluding hydrogens is 316 g/mol. The van der Waals surface area contributed by atoms with Crippen molar-refractivity contribution in [2.45, 2.75) is 31.1 Å². The number of thiocyanates is 1. The first-order valence-electron chi connectivity index (χ1n) is 7.69.